The van der Waals surface area contributed by atoms with E-state index in [9.17, 15) is 0 Å². The fraction of sp³-hybridized carbons (Fsp3) is 0.923. The Morgan fingerprint density at radius 1 is 0.929 bits per heavy atom. The van der Waals surface area contributed by atoms with Gasteiger partial charge >= 0.3 is 0 Å². The minimum atomic E-state index is 0.247. The van der Waals surface area contributed by atoms with Crippen LogP contribution in [0.4, 0.5) is 0 Å². The fourth-order valence-corrected chi connectivity index (χ4v) is 1.66. The molecule has 0 aromatic carbocycles. The standard InChI is InChI=1S/C13H27O/c1-3-4-5-6-7-8-9-10-11-13(2)12-14/h13-14H,2-12H2,1H3. The Kier molecular flexibility index (Phi) is 11.0. The Balaban J connectivity index is 2.92. The second kappa shape index (κ2) is 11.0. The van der Waals surface area contributed by atoms with Crippen molar-refractivity contribution in [2.24, 2.45) is 5.92 Å². The third-order valence-corrected chi connectivity index (χ3v) is 2.72. The molecule has 0 heterocycles. The summed E-state index contributed by atoms with van der Waals surface area (Å²) < 4.78 is 0. The molecule has 0 amide bonds. The van der Waals surface area contributed by atoms with Gasteiger partial charge in [0.1, 0.15) is 0 Å². The minimum absolute atomic E-state index is 0.247. The van der Waals surface area contributed by atoms with Crippen LogP contribution in [0.15, 0.2) is 0 Å². The highest BCUT2D eigenvalue weighted by Gasteiger charge is 1.98. The Labute approximate surface area is 89.9 Å². The predicted octanol–water partition coefficient (Wildman–Crippen LogP) is 3.96. The lowest BCUT2D eigenvalue weighted by molar-refractivity contribution is 0.242. The van der Waals surface area contributed by atoms with Gasteiger partial charge in [-0.25, -0.2) is 0 Å². The molecular formula is C13H27O. The van der Waals surface area contributed by atoms with E-state index in [0.717, 1.165) is 6.42 Å². The van der Waals surface area contributed by atoms with Crippen molar-refractivity contribution >= 4 is 0 Å². The molecule has 85 valence electrons. The summed E-state index contributed by atoms with van der Waals surface area (Å²) in [5, 5.41) is 8.77. The average Bonchev–Trinajstić information content (AvgIpc) is 2.21. The van der Waals surface area contributed by atoms with Gasteiger partial charge in [-0.05, 0) is 19.3 Å². The second-order valence-electron chi connectivity index (χ2n) is 4.31. The third kappa shape index (κ3) is 10.0. The zero-order valence-electron chi connectivity index (χ0n) is 9.80. The van der Waals surface area contributed by atoms with Crippen molar-refractivity contribution in [3.8, 4) is 0 Å². The van der Waals surface area contributed by atoms with E-state index in [1.807, 2.05) is 0 Å². The number of rotatable bonds is 10. The maximum Gasteiger partial charge on any atom is 0.0459 e. The summed E-state index contributed by atoms with van der Waals surface area (Å²) in [5.74, 6) is 0.259. The van der Waals surface area contributed by atoms with E-state index >= 15 is 0 Å². The van der Waals surface area contributed by atoms with Crippen LogP contribution in [0.5, 0.6) is 0 Å². The van der Waals surface area contributed by atoms with Crippen LogP contribution in [0.3, 0.4) is 0 Å². The van der Waals surface area contributed by atoms with E-state index < -0.39 is 0 Å². The van der Waals surface area contributed by atoms with Crippen LogP contribution < -0.4 is 0 Å². The molecule has 0 saturated heterocycles. The van der Waals surface area contributed by atoms with Gasteiger partial charge in [-0.15, -0.1) is 0 Å². The van der Waals surface area contributed by atoms with Gasteiger partial charge in [0, 0.05) is 6.61 Å². The van der Waals surface area contributed by atoms with Gasteiger partial charge in [-0.2, -0.15) is 0 Å². The smallest absolute Gasteiger partial charge is 0.0459 e. The molecule has 0 bridgehead atoms. The summed E-state index contributed by atoms with van der Waals surface area (Å²) in [7, 11) is 0. The molecule has 0 spiro atoms. The molecule has 1 heteroatoms. The molecule has 0 aliphatic carbocycles. The minimum Gasteiger partial charge on any atom is -0.396 e. The van der Waals surface area contributed by atoms with Gasteiger partial charge in [0.05, 0.1) is 0 Å². The van der Waals surface area contributed by atoms with Crippen LogP contribution in [-0.2, 0) is 0 Å². The summed E-state index contributed by atoms with van der Waals surface area (Å²) in [6, 6.07) is 0. The van der Waals surface area contributed by atoms with Gasteiger partial charge in [0.15, 0.2) is 0 Å². The Hall–Kier alpha value is -0.0400. The number of hydrogen-bond acceptors (Lipinski definition) is 1. The lowest BCUT2D eigenvalue weighted by atomic mass is 10.0. The second-order valence-corrected chi connectivity index (χ2v) is 4.31. The SMILES string of the molecule is [CH2]C(CO)CCCCCCCCCC. The van der Waals surface area contributed by atoms with Crippen LogP contribution in [-0.4, -0.2) is 11.7 Å². The number of aliphatic hydroxyl groups excluding tert-OH is 1. The summed E-state index contributed by atoms with van der Waals surface area (Å²) >= 11 is 0. The van der Waals surface area contributed by atoms with Crippen LogP contribution in [0.1, 0.15) is 64.7 Å². The maximum atomic E-state index is 8.77. The Morgan fingerprint density at radius 2 is 1.43 bits per heavy atom. The van der Waals surface area contributed by atoms with E-state index in [1.54, 1.807) is 0 Å². The number of hydrogen-bond donors (Lipinski definition) is 1. The fourth-order valence-electron chi connectivity index (χ4n) is 1.66. The molecule has 0 aliphatic rings. The summed E-state index contributed by atoms with van der Waals surface area (Å²) in [5.41, 5.74) is 0. The van der Waals surface area contributed by atoms with Gasteiger partial charge in [0.2, 0.25) is 0 Å². The van der Waals surface area contributed by atoms with Crippen molar-refractivity contribution in [2.75, 3.05) is 6.61 Å². The van der Waals surface area contributed by atoms with Crippen LogP contribution in [0.2, 0.25) is 0 Å². The van der Waals surface area contributed by atoms with Crippen LogP contribution in [0.25, 0.3) is 0 Å². The molecule has 0 aromatic rings. The van der Waals surface area contributed by atoms with E-state index in [0.29, 0.717) is 0 Å². The lowest BCUT2D eigenvalue weighted by Crippen LogP contribution is -2.00. The van der Waals surface area contributed by atoms with Crippen molar-refractivity contribution < 1.29 is 5.11 Å². The van der Waals surface area contributed by atoms with E-state index in [2.05, 4.69) is 13.8 Å². The molecule has 1 radical (unpaired) electrons. The van der Waals surface area contributed by atoms with Gasteiger partial charge in [-0.1, -0.05) is 58.3 Å². The van der Waals surface area contributed by atoms with Crippen LogP contribution in [0, 0.1) is 12.8 Å². The van der Waals surface area contributed by atoms with E-state index in [1.165, 1.54) is 51.4 Å². The summed E-state index contributed by atoms with van der Waals surface area (Å²) in [6.07, 6.45) is 11.9. The highest BCUT2D eigenvalue weighted by molar-refractivity contribution is 4.59. The first-order valence-electron chi connectivity index (χ1n) is 6.25. The molecule has 0 rings (SSSR count). The third-order valence-electron chi connectivity index (χ3n) is 2.72. The molecule has 14 heavy (non-hydrogen) atoms. The normalized spacial score (nSPS) is 13.1. The Morgan fingerprint density at radius 3 is 1.93 bits per heavy atom. The molecule has 0 fully saturated rings. The maximum absolute atomic E-state index is 8.77. The van der Waals surface area contributed by atoms with Crippen molar-refractivity contribution in [3.05, 3.63) is 6.92 Å². The van der Waals surface area contributed by atoms with E-state index in [-0.39, 0.29) is 12.5 Å². The van der Waals surface area contributed by atoms with Crippen molar-refractivity contribution in [2.45, 2.75) is 64.7 Å². The quantitative estimate of drug-likeness (QED) is 0.528. The predicted molar refractivity (Wildman–Crippen MR) is 63.2 cm³/mol. The topological polar surface area (TPSA) is 20.2 Å². The molecule has 1 unspecified atom stereocenters. The zero-order chi connectivity index (χ0) is 10.6. The summed E-state index contributed by atoms with van der Waals surface area (Å²) in [6.45, 7) is 6.36. The molecule has 0 saturated carbocycles. The van der Waals surface area contributed by atoms with Crippen molar-refractivity contribution in [3.63, 3.8) is 0 Å². The first-order chi connectivity index (χ1) is 6.81. The molecule has 0 aromatic heterocycles. The Bertz CT molecular complexity index is 101. The number of aliphatic hydroxyl groups is 1. The average molecular weight is 199 g/mol. The molecular weight excluding hydrogens is 172 g/mol. The van der Waals surface area contributed by atoms with Gasteiger partial charge in [-0.3, -0.25) is 0 Å². The van der Waals surface area contributed by atoms with Crippen molar-refractivity contribution in [1.82, 2.24) is 0 Å². The lowest BCUT2D eigenvalue weighted by Gasteiger charge is -2.06. The summed E-state index contributed by atoms with van der Waals surface area (Å²) in [4.78, 5) is 0. The monoisotopic (exact) mass is 199 g/mol. The largest absolute Gasteiger partial charge is 0.396 e. The van der Waals surface area contributed by atoms with Crippen LogP contribution >= 0.6 is 0 Å². The van der Waals surface area contributed by atoms with E-state index in [4.69, 9.17) is 5.11 Å². The first kappa shape index (κ1) is 14.0. The number of unbranched alkanes of at least 4 members (excludes halogenated alkanes) is 7. The van der Waals surface area contributed by atoms with Gasteiger partial charge in [0.25, 0.3) is 0 Å². The molecule has 0 aliphatic heterocycles. The molecule has 1 N–H and O–H groups in total. The van der Waals surface area contributed by atoms with Crippen molar-refractivity contribution in [1.29, 1.82) is 0 Å². The molecule has 1 atom stereocenters. The highest BCUT2D eigenvalue weighted by atomic mass is 16.3. The molecule has 1 nitrogen and oxygen atoms in total. The first-order valence-corrected chi connectivity index (χ1v) is 6.25. The van der Waals surface area contributed by atoms with Gasteiger partial charge < -0.3 is 5.11 Å². The highest BCUT2D eigenvalue weighted by Crippen LogP contribution is 2.12. The zero-order valence-corrected chi connectivity index (χ0v) is 9.80.